The van der Waals surface area contributed by atoms with Crippen molar-refractivity contribution in [2.24, 2.45) is 0 Å². The maximum absolute atomic E-state index is 12.4. The summed E-state index contributed by atoms with van der Waals surface area (Å²) in [5.74, 6) is 0.0883. The minimum absolute atomic E-state index is 0.0281. The molecule has 20 heavy (non-hydrogen) atoms. The Morgan fingerprint density at radius 1 is 1.30 bits per heavy atom. The number of amides is 2. The highest BCUT2D eigenvalue weighted by Crippen LogP contribution is 2.19. The lowest BCUT2D eigenvalue weighted by Gasteiger charge is -2.20. The van der Waals surface area contributed by atoms with Crippen LogP contribution in [0.25, 0.3) is 0 Å². The van der Waals surface area contributed by atoms with E-state index >= 15 is 0 Å². The fourth-order valence-corrected chi connectivity index (χ4v) is 1.80. The van der Waals surface area contributed by atoms with Crippen molar-refractivity contribution in [3.63, 3.8) is 0 Å². The number of methoxy groups -OCH3 is 1. The lowest BCUT2D eigenvalue weighted by atomic mass is 10.1. The average Bonchev–Trinajstić information content (AvgIpc) is 2.43. The van der Waals surface area contributed by atoms with E-state index in [1.54, 1.807) is 18.2 Å². The zero-order valence-corrected chi connectivity index (χ0v) is 12.1. The Morgan fingerprint density at radius 2 is 2.00 bits per heavy atom. The Labute approximate surface area is 118 Å². The Balaban J connectivity index is 2.90. The first-order valence-corrected chi connectivity index (χ1v) is 6.52. The van der Waals surface area contributed by atoms with Gasteiger partial charge in [0.2, 0.25) is 5.91 Å². The molecule has 6 heteroatoms. The molecule has 0 aliphatic heterocycles. The number of anilines is 1. The number of ether oxygens (including phenoxy) is 1. The monoisotopic (exact) mass is 279 g/mol. The molecular weight excluding hydrogens is 258 g/mol. The topological polar surface area (TPSA) is 84.7 Å². The molecule has 1 rings (SSSR count). The smallest absolute Gasteiger partial charge is 0.254 e. The molecule has 0 radical (unpaired) electrons. The van der Waals surface area contributed by atoms with Crippen LogP contribution in [0.15, 0.2) is 18.2 Å². The van der Waals surface area contributed by atoms with Gasteiger partial charge in [0, 0.05) is 30.4 Å². The lowest BCUT2D eigenvalue weighted by Crippen LogP contribution is -2.40. The van der Waals surface area contributed by atoms with Crippen LogP contribution in [0.1, 0.15) is 24.2 Å². The van der Waals surface area contributed by atoms with E-state index in [1.807, 2.05) is 13.8 Å². The first-order chi connectivity index (χ1) is 9.51. The fraction of sp³-hybridized carbons (Fsp3) is 0.429. The Bertz CT molecular complexity index is 489. The second-order valence-corrected chi connectivity index (χ2v) is 4.27. The molecule has 0 bridgehead atoms. The van der Waals surface area contributed by atoms with E-state index in [2.05, 4.69) is 5.32 Å². The van der Waals surface area contributed by atoms with E-state index in [9.17, 15) is 9.59 Å². The van der Waals surface area contributed by atoms with Crippen LogP contribution in [-0.4, -0.2) is 43.5 Å². The molecule has 1 aromatic carbocycles. The predicted molar refractivity (Wildman–Crippen MR) is 77.7 cm³/mol. The summed E-state index contributed by atoms with van der Waals surface area (Å²) in [5, 5.41) is 2.67. The van der Waals surface area contributed by atoms with Gasteiger partial charge in [-0.05, 0) is 26.0 Å². The number of benzene rings is 1. The minimum Gasteiger partial charge on any atom is -0.497 e. The van der Waals surface area contributed by atoms with Crippen LogP contribution in [0, 0.1) is 0 Å². The van der Waals surface area contributed by atoms with Gasteiger partial charge in [0.05, 0.1) is 13.7 Å². The molecule has 6 nitrogen and oxygen atoms in total. The molecule has 1 aromatic rings. The van der Waals surface area contributed by atoms with Crippen LogP contribution in [0.3, 0.4) is 0 Å². The highest BCUT2D eigenvalue weighted by molar-refractivity contribution is 5.97. The summed E-state index contributed by atoms with van der Waals surface area (Å²) in [6.45, 7) is 4.66. The summed E-state index contributed by atoms with van der Waals surface area (Å²) < 4.78 is 5.09. The summed E-state index contributed by atoms with van der Waals surface area (Å²) in [6, 6.07) is 4.82. The average molecular weight is 279 g/mol. The highest BCUT2D eigenvalue weighted by atomic mass is 16.5. The van der Waals surface area contributed by atoms with Crippen molar-refractivity contribution in [2.75, 3.05) is 32.5 Å². The number of nitrogens with zero attached hydrogens (tertiary/aromatic N) is 1. The summed E-state index contributed by atoms with van der Waals surface area (Å²) in [4.78, 5) is 25.4. The van der Waals surface area contributed by atoms with Crippen LogP contribution in [0.5, 0.6) is 5.75 Å². The van der Waals surface area contributed by atoms with E-state index in [0.717, 1.165) is 0 Å². The van der Waals surface area contributed by atoms with Crippen LogP contribution < -0.4 is 15.8 Å². The third-order valence-electron chi connectivity index (χ3n) is 2.79. The largest absolute Gasteiger partial charge is 0.497 e. The van der Waals surface area contributed by atoms with Crippen molar-refractivity contribution in [1.29, 1.82) is 0 Å². The number of rotatable bonds is 6. The molecule has 0 atom stereocenters. The number of hydrogen-bond donors (Lipinski definition) is 2. The Hall–Kier alpha value is -2.24. The van der Waals surface area contributed by atoms with Crippen LogP contribution in [0.4, 0.5) is 5.69 Å². The standard InChI is InChI=1S/C14H21N3O3/c1-4-16-13(18)9-17(5-2)14(19)10-6-11(15)8-12(7-10)20-3/h6-8H,4-5,9,15H2,1-3H3,(H,16,18). The van der Waals surface area contributed by atoms with Gasteiger partial charge in [0.25, 0.3) is 5.91 Å². The summed E-state index contributed by atoms with van der Waals surface area (Å²) >= 11 is 0. The van der Waals surface area contributed by atoms with E-state index in [-0.39, 0.29) is 18.4 Å². The van der Waals surface area contributed by atoms with Gasteiger partial charge in [-0.2, -0.15) is 0 Å². The molecule has 0 fully saturated rings. The second-order valence-electron chi connectivity index (χ2n) is 4.27. The van der Waals surface area contributed by atoms with Crippen molar-refractivity contribution in [3.05, 3.63) is 23.8 Å². The number of nitrogens with two attached hydrogens (primary N) is 1. The Morgan fingerprint density at radius 3 is 2.55 bits per heavy atom. The zero-order valence-electron chi connectivity index (χ0n) is 12.1. The molecule has 0 aliphatic rings. The van der Waals surface area contributed by atoms with Gasteiger partial charge >= 0.3 is 0 Å². The normalized spacial score (nSPS) is 9.95. The Kier molecular flexibility index (Phi) is 5.83. The summed E-state index contributed by atoms with van der Waals surface area (Å²) in [7, 11) is 1.51. The number of nitrogens with one attached hydrogen (secondary N) is 1. The fourth-order valence-electron chi connectivity index (χ4n) is 1.80. The molecule has 0 unspecified atom stereocenters. The molecule has 3 N–H and O–H groups in total. The van der Waals surface area contributed by atoms with Crippen molar-refractivity contribution in [1.82, 2.24) is 10.2 Å². The molecule has 0 spiro atoms. The van der Waals surface area contributed by atoms with Crippen LogP contribution in [0.2, 0.25) is 0 Å². The van der Waals surface area contributed by atoms with Crippen LogP contribution >= 0.6 is 0 Å². The van der Waals surface area contributed by atoms with Crippen molar-refractivity contribution >= 4 is 17.5 Å². The lowest BCUT2D eigenvalue weighted by molar-refractivity contribution is -0.121. The SMILES string of the molecule is CCNC(=O)CN(CC)C(=O)c1cc(N)cc(OC)c1. The molecule has 0 saturated carbocycles. The third-order valence-corrected chi connectivity index (χ3v) is 2.79. The van der Waals surface area contributed by atoms with Gasteiger partial charge < -0.3 is 20.7 Å². The highest BCUT2D eigenvalue weighted by Gasteiger charge is 2.18. The first-order valence-electron chi connectivity index (χ1n) is 6.52. The first kappa shape index (κ1) is 15.8. The predicted octanol–water partition coefficient (Wildman–Crippen LogP) is 0.876. The zero-order chi connectivity index (χ0) is 15.1. The summed E-state index contributed by atoms with van der Waals surface area (Å²) in [6.07, 6.45) is 0. The molecule has 2 amide bonds. The third kappa shape index (κ3) is 4.15. The van der Waals surface area contributed by atoms with Crippen molar-refractivity contribution in [3.8, 4) is 5.75 Å². The second kappa shape index (κ2) is 7.37. The molecule has 110 valence electrons. The molecule has 0 aliphatic carbocycles. The van der Waals surface area contributed by atoms with Gasteiger partial charge in [-0.25, -0.2) is 0 Å². The number of hydrogen-bond acceptors (Lipinski definition) is 4. The van der Waals surface area contributed by atoms with Crippen molar-refractivity contribution < 1.29 is 14.3 Å². The van der Waals surface area contributed by atoms with Crippen molar-refractivity contribution in [2.45, 2.75) is 13.8 Å². The summed E-state index contributed by atoms with van der Waals surface area (Å²) in [5.41, 5.74) is 6.59. The number of likely N-dealkylation sites (N-methyl/N-ethyl adjacent to an activating group) is 2. The molecule has 0 saturated heterocycles. The van der Waals surface area contributed by atoms with Crippen LogP contribution in [-0.2, 0) is 4.79 Å². The number of carbonyl (C=O) groups is 2. The number of nitrogen functional groups attached to an aromatic ring is 1. The van der Waals surface area contributed by atoms with E-state index in [1.165, 1.54) is 12.0 Å². The quantitative estimate of drug-likeness (QED) is 0.757. The molecular formula is C14H21N3O3. The van der Waals surface area contributed by atoms with Gasteiger partial charge in [0.15, 0.2) is 0 Å². The minimum atomic E-state index is -0.246. The van der Waals surface area contributed by atoms with E-state index in [0.29, 0.717) is 30.1 Å². The van der Waals surface area contributed by atoms with Gasteiger partial charge in [-0.1, -0.05) is 0 Å². The van der Waals surface area contributed by atoms with Gasteiger partial charge in [0.1, 0.15) is 5.75 Å². The van der Waals surface area contributed by atoms with Gasteiger partial charge in [-0.3, -0.25) is 9.59 Å². The van der Waals surface area contributed by atoms with E-state index in [4.69, 9.17) is 10.5 Å². The molecule has 0 heterocycles. The maximum Gasteiger partial charge on any atom is 0.254 e. The van der Waals surface area contributed by atoms with E-state index < -0.39 is 0 Å². The number of carbonyl (C=O) groups excluding carboxylic acids is 2. The molecule has 0 aromatic heterocycles. The maximum atomic E-state index is 12.4. The van der Waals surface area contributed by atoms with Gasteiger partial charge in [-0.15, -0.1) is 0 Å².